The molecule has 0 aliphatic heterocycles. The van der Waals surface area contributed by atoms with Crippen molar-refractivity contribution in [2.45, 2.75) is 20.4 Å². The van der Waals surface area contributed by atoms with Crippen molar-refractivity contribution in [1.82, 2.24) is 0 Å². The molecule has 1 atom stereocenters. The number of halogens is 1. The Balaban J connectivity index is 2.13. The van der Waals surface area contributed by atoms with Crippen molar-refractivity contribution in [3.05, 3.63) is 52.5 Å². The average molecular weight is 392 g/mol. The van der Waals surface area contributed by atoms with Crippen LogP contribution < -0.4 is 16.0 Å². The maximum atomic E-state index is 13.7. The fraction of sp³-hybridized carbons (Fsp3) is 0.316. The number of amides is 2. The first kappa shape index (κ1) is 21.1. The van der Waals surface area contributed by atoms with Gasteiger partial charge >= 0.3 is 5.97 Å². The summed E-state index contributed by atoms with van der Waals surface area (Å²) >= 11 is 0. The highest BCUT2D eigenvalue weighted by atomic mass is 19.1. The molecule has 2 aromatic rings. The van der Waals surface area contributed by atoms with Gasteiger partial charge in [0.1, 0.15) is 29.2 Å². The summed E-state index contributed by atoms with van der Waals surface area (Å²) in [5, 5.41) is 2.45. The summed E-state index contributed by atoms with van der Waals surface area (Å²) in [5.41, 5.74) is 5.48. The molecular formula is C19H23FN3O5+. The first-order valence-corrected chi connectivity index (χ1v) is 8.69. The Morgan fingerprint density at radius 2 is 1.93 bits per heavy atom. The molecule has 8 nitrogen and oxygen atoms in total. The number of rotatable bonds is 8. The zero-order chi connectivity index (χ0) is 20.8. The van der Waals surface area contributed by atoms with E-state index >= 15 is 0 Å². The minimum absolute atomic E-state index is 0.0268. The van der Waals surface area contributed by atoms with Crippen molar-refractivity contribution in [3.63, 3.8) is 0 Å². The average Bonchev–Trinajstić information content (AvgIpc) is 2.93. The maximum absolute atomic E-state index is 13.7. The molecule has 4 N–H and O–H groups in total. The Morgan fingerprint density at radius 1 is 1.25 bits per heavy atom. The van der Waals surface area contributed by atoms with Crippen LogP contribution in [0.5, 0.6) is 0 Å². The lowest BCUT2D eigenvalue weighted by Gasteiger charge is -2.14. The third-order valence-corrected chi connectivity index (χ3v) is 3.98. The Morgan fingerprint density at radius 3 is 2.54 bits per heavy atom. The van der Waals surface area contributed by atoms with E-state index in [1.807, 2.05) is 0 Å². The SMILES string of the molecule is CCOC(=O)c1c(C)oc(NC(=O)C[NH+](C)Cc2ccccc2F)c1C(N)=O. The van der Waals surface area contributed by atoms with E-state index in [0.29, 0.717) is 10.5 Å². The van der Waals surface area contributed by atoms with Gasteiger partial charge in [0.05, 0.1) is 13.7 Å². The number of nitrogens with two attached hydrogens (primary N) is 1. The fourth-order valence-corrected chi connectivity index (χ4v) is 2.79. The molecule has 0 spiro atoms. The summed E-state index contributed by atoms with van der Waals surface area (Å²) in [6, 6.07) is 6.30. The molecule has 9 heteroatoms. The number of primary amides is 1. The predicted octanol–water partition coefficient (Wildman–Crippen LogP) is 0.656. The van der Waals surface area contributed by atoms with E-state index in [1.165, 1.54) is 13.0 Å². The van der Waals surface area contributed by atoms with Crippen LogP contribution in [0.1, 0.15) is 39.0 Å². The van der Waals surface area contributed by atoms with E-state index in [-0.39, 0.29) is 48.3 Å². The van der Waals surface area contributed by atoms with Crippen molar-refractivity contribution in [2.75, 3.05) is 25.5 Å². The number of hydrogen-bond donors (Lipinski definition) is 3. The molecule has 0 aliphatic carbocycles. The standard InChI is InChI=1S/C19H22FN3O5/c1-4-27-19(26)15-11(2)28-18(16(15)17(21)25)22-14(24)10-23(3)9-12-7-5-6-8-13(12)20/h5-8H,4,9-10H2,1-3H3,(H2,21,25)(H,22,24)/p+1. The lowest BCUT2D eigenvalue weighted by Crippen LogP contribution is -3.08. The molecule has 2 amide bonds. The number of quaternary nitrogens is 1. The van der Waals surface area contributed by atoms with Gasteiger partial charge in [0, 0.05) is 5.56 Å². The molecule has 1 aromatic heterocycles. The van der Waals surface area contributed by atoms with Crippen LogP contribution in [0.3, 0.4) is 0 Å². The highest BCUT2D eigenvalue weighted by Gasteiger charge is 2.29. The maximum Gasteiger partial charge on any atom is 0.342 e. The second-order valence-electron chi connectivity index (χ2n) is 6.27. The zero-order valence-electron chi connectivity index (χ0n) is 15.9. The topological polar surface area (TPSA) is 116 Å². The lowest BCUT2D eigenvalue weighted by atomic mass is 10.1. The van der Waals surface area contributed by atoms with Gasteiger partial charge < -0.3 is 19.8 Å². The Hall–Kier alpha value is -3.20. The van der Waals surface area contributed by atoms with Crippen molar-refractivity contribution >= 4 is 23.7 Å². The van der Waals surface area contributed by atoms with Crippen molar-refractivity contribution < 1.29 is 32.8 Å². The molecule has 1 heterocycles. The van der Waals surface area contributed by atoms with Crippen molar-refractivity contribution in [3.8, 4) is 0 Å². The summed E-state index contributed by atoms with van der Waals surface area (Å²) in [5.74, 6) is -2.63. The van der Waals surface area contributed by atoms with E-state index in [4.69, 9.17) is 14.9 Å². The van der Waals surface area contributed by atoms with Crippen LogP contribution in [0.25, 0.3) is 0 Å². The van der Waals surface area contributed by atoms with Crippen LogP contribution >= 0.6 is 0 Å². The van der Waals surface area contributed by atoms with E-state index in [1.54, 1.807) is 32.2 Å². The van der Waals surface area contributed by atoms with Gasteiger partial charge in [-0.2, -0.15) is 0 Å². The number of carbonyl (C=O) groups is 3. The molecule has 0 saturated heterocycles. The quantitative estimate of drug-likeness (QED) is 0.571. The monoisotopic (exact) mass is 392 g/mol. The van der Waals surface area contributed by atoms with E-state index in [9.17, 15) is 18.8 Å². The number of ether oxygens (including phenoxy) is 1. The van der Waals surface area contributed by atoms with Crippen molar-refractivity contribution in [1.29, 1.82) is 0 Å². The van der Waals surface area contributed by atoms with Gasteiger partial charge in [-0.25, -0.2) is 9.18 Å². The number of anilines is 1. The van der Waals surface area contributed by atoms with E-state index < -0.39 is 17.8 Å². The molecule has 1 unspecified atom stereocenters. The summed E-state index contributed by atoms with van der Waals surface area (Å²) in [7, 11) is 1.72. The summed E-state index contributed by atoms with van der Waals surface area (Å²) in [6.45, 7) is 3.45. The van der Waals surface area contributed by atoms with E-state index in [2.05, 4.69) is 5.32 Å². The van der Waals surface area contributed by atoms with E-state index in [0.717, 1.165) is 0 Å². The molecular weight excluding hydrogens is 369 g/mol. The minimum Gasteiger partial charge on any atom is -0.462 e. The molecule has 0 fully saturated rings. The van der Waals surface area contributed by atoms with Crippen LogP contribution in [-0.4, -0.2) is 38.0 Å². The Bertz CT molecular complexity index is 894. The normalized spacial score (nSPS) is 11.7. The lowest BCUT2D eigenvalue weighted by molar-refractivity contribution is -0.885. The van der Waals surface area contributed by atoms with Gasteiger partial charge in [-0.05, 0) is 19.9 Å². The Labute approximate surface area is 161 Å². The highest BCUT2D eigenvalue weighted by Crippen LogP contribution is 2.27. The number of likely N-dealkylation sites (N-methyl/N-ethyl adjacent to an activating group) is 1. The number of aryl methyl sites for hydroxylation is 1. The molecule has 0 aliphatic rings. The second kappa shape index (κ2) is 9.14. The van der Waals surface area contributed by atoms with Gasteiger partial charge in [0.25, 0.3) is 11.8 Å². The second-order valence-corrected chi connectivity index (χ2v) is 6.27. The third kappa shape index (κ3) is 4.95. The van der Waals surface area contributed by atoms with Crippen LogP contribution in [0.15, 0.2) is 28.7 Å². The van der Waals surface area contributed by atoms with Crippen LogP contribution in [0.4, 0.5) is 10.3 Å². The van der Waals surface area contributed by atoms with Crippen LogP contribution in [-0.2, 0) is 16.1 Å². The number of furan rings is 1. The minimum atomic E-state index is -0.928. The van der Waals surface area contributed by atoms with Crippen LogP contribution in [0, 0.1) is 12.7 Å². The summed E-state index contributed by atoms with van der Waals surface area (Å²) in [6.07, 6.45) is 0. The highest BCUT2D eigenvalue weighted by molar-refractivity contribution is 6.10. The molecule has 0 saturated carbocycles. The number of hydrogen-bond acceptors (Lipinski definition) is 5. The van der Waals surface area contributed by atoms with Crippen molar-refractivity contribution in [2.24, 2.45) is 5.73 Å². The summed E-state index contributed by atoms with van der Waals surface area (Å²) < 4.78 is 24.0. The smallest absolute Gasteiger partial charge is 0.342 e. The van der Waals surface area contributed by atoms with Crippen LogP contribution in [0.2, 0.25) is 0 Å². The molecule has 1 aromatic carbocycles. The number of esters is 1. The third-order valence-electron chi connectivity index (χ3n) is 3.98. The number of carbonyl (C=O) groups excluding carboxylic acids is 3. The van der Waals surface area contributed by atoms with Gasteiger partial charge in [0.15, 0.2) is 6.54 Å². The molecule has 150 valence electrons. The molecule has 28 heavy (non-hydrogen) atoms. The first-order chi connectivity index (χ1) is 13.2. The molecule has 0 bridgehead atoms. The first-order valence-electron chi connectivity index (χ1n) is 8.69. The zero-order valence-corrected chi connectivity index (χ0v) is 15.9. The predicted molar refractivity (Wildman–Crippen MR) is 98.4 cm³/mol. The van der Waals surface area contributed by atoms with Gasteiger partial charge in [-0.1, -0.05) is 18.2 Å². The van der Waals surface area contributed by atoms with Gasteiger partial charge in [0.2, 0.25) is 5.88 Å². The number of nitrogens with one attached hydrogen (secondary N) is 2. The summed E-state index contributed by atoms with van der Waals surface area (Å²) in [4.78, 5) is 36.9. The van der Waals surface area contributed by atoms with Gasteiger partial charge in [-0.3, -0.25) is 14.9 Å². The molecule has 0 radical (unpaired) electrons. The van der Waals surface area contributed by atoms with Gasteiger partial charge in [-0.15, -0.1) is 0 Å². The largest absolute Gasteiger partial charge is 0.462 e. The Kier molecular flexibility index (Phi) is 6.89. The number of benzene rings is 1. The fourth-order valence-electron chi connectivity index (χ4n) is 2.79. The molecule has 2 rings (SSSR count).